The number of guanidine groups is 1. The minimum Gasteiger partial charge on any atom is -0.478 e. The third-order valence-corrected chi connectivity index (χ3v) is 7.11. The van der Waals surface area contributed by atoms with Gasteiger partial charge < -0.3 is 46.7 Å². The summed E-state index contributed by atoms with van der Waals surface area (Å²) in [6, 6.07) is 18.0. The van der Waals surface area contributed by atoms with Crippen molar-refractivity contribution in [3.63, 3.8) is 0 Å². The molecule has 0 radical (unpaired) electrons. The topological polar surface area (TPSA) is 244 Å². The molecule has 2 aliphatic heterocycles. The number of nitrogens with zero attached hydrogens (tertiary/aromatic N) is 2. The molecule has 228 valence electrons. The first-order valence-electron chi connectivity index (χ1n) is 13.7. The first-order chi connectivity index (χ1) is 21.6. The maximum Gasteiger partial charge on any atom is 0.339 e. The van der Waals surface area contributed by atoms with E-state index in [1.165, 1.54) is 18.2 Å². The lowest BCUT2D eigenvalue weighted by Crippen LogP contribution is -2.39. The lowest BCUT2D eigenvalue weighted by Gasteiger charge is -2.27. The van der Waals surface area contributed by atoms with Gasteiger partial charge in [-0.2, -0.15) is 9.97 Å². The van der Waals surface area contributed by atoms with Crippen LogP contribution < -0.4 is 41.6 Å². The Hall–Kier alpha value is -6.38. The minimum absolute atomic E-state index is 0.00395. The van der Waals surface area contributed by atoms with Gasteiger partial charge in [0.15, 0.2) is 17.8 Å². The van der Waals surface area contributed by atoms with E-state index in [1.54, 1.807) is 24.3 Å². The van der Waals surface area contributed by atoms with E-state index in [0.717, 1.165) is 11.3 Å². The average Bonchev–Trinajstić information content (AvgIpc) is 3.40. The number of anilines is 3. The monoisotopic (exact) mass is 609 g/mol. The summed E-state index contributed by atoms with van der Waals surface area (Å²) in [6.07, 6.45) is -0.585. The maximum atomic E-state index is 13.3. The first-order valence-corrected chi connectivity index (χ1v) is 13.7. The number of amidine groups is 1. The molecule has 45 heavy (non-hydrogen) atoms. The largest absolute Gasteiger partial charge is 0.478 e. The van der Waals surface area contributed by atoms with E-state index >= 15 is 0 Å². The highest BCUT2D eigenvalue weighted by Gasteiger charge is 2.36. The fourth-order valence-corrected chi connectivity index (χ4v) is 5.04. The molecular formula is C30H27N9O6. The summed E-state index contributed by atoms with van der Waals surface area (Å²) in [5.74, 6) is -2.62. The second-order valence-corrected chi connectivity index (χ2v) is 10.2. The standard InChI is InChI=1S/C30H27N9O6/c31-24(32)14-8-9-19(28(41)42)21(10-14)44-26-23-27(39-30(38-26)43-17-5-3-4-16(12-17)36-29(33)34)45-22(25(40)37-23)11-15-13-35-20-7-2-1-6-18(15)20/h1-10,12,15,22,35H,11,13H2,(H3,31,32)(H,37,40)(H,41,42)(H4,33,34,36). The summed E-state index contributed by atoms with van der Waals surface area (Å²) in [6.45, 7) is 0.626. The summed E-state index contributed by atoms with van der Waals surface area (Å²) in [7, 11) is 0. The molecule has 4 aromatic rings. The Morgan fingerprint density at radius 1 is 1.07 bits per heavy atom. The number of carbonyl (C=O) groups excluding carboxylic acids is 1. The number of para-hydroxylation sites is 1. The lowest BCUT2D eigenvalue weighted by atomic mass is 9.94. The molecule has 0 bridgehead atoms. The van der Waals surface area contributed by atoms with E-state index in [2.05, 4.69) is 25.9 Å². The highest BCUT2D eigenvalue weighted by Crippen LogP contribution is 2.43. The minimum atomic E-state index is -1.31. The Labute approximate surface area is 255 Å². The van der Waals surface area contributed by atoms with Crippen LogP contribution in [0.5, 0.6) is 29.3 Å². The number of carboxylic acid groups (broad SMARTS) is 1. The van der Waals surface area contributed by atoms with Crippen molar-refractivity contribution in [2.45, 2.75) is 18.4 Å². The Bertz CT molecular complexity index is 1860. The van der Waals surface area contributed by atoms with Gasteiger partial charge in [-0.3, -0.25) is 15.6 Å². The van der Waals surface area contributed by atoms with Crippen LogP contribution in [-0.2, 0) is 4.79 Å². The predicted octanol–water partition coefficient (Wildman–Crippen LogP) is 3.65. The number of ether oxygens (including phenoxy) is 3. The van der Waals surface area contributed by atoms with Crippen molar-refractivity contribution in [2.24, 2.45) is 11.5 Å². The molecule has 3 aromatic carbocycles. The summed E-state index contributed by atoms with van der Waals surface area (Å²) in [5.41, 5.74) is 13.5. The molecule has 0 saturated heterocycles. The Morgan fingerprint density at radius 3 is 2.67 bits per heavy atom. The predicted molar refractivity (Wildman–Crippen MR) is 164 cm³/mol. The number of aromatic nitrogens is 2. The lowest BCUT2D eigenvalue weighted by molar-refractivity contribution is -0.124. The van der Waals surface area contributed by atoms with Crippen molar-refractivity contribution in [1.82, 2.24) is 9.97 Å². The molecule has 2 aliphatic rings. The van der Waals surface area contributed by atoms with Crippen molar-refractivity contribution in [3.8, 4) is 29.3 Å². The van der Waals surface area contributed by atoms with Gasteiger partial charge in [-0.05, 0) is 35.9 Å². The Morgan fingerprint density at radius 2 is 1.89 bits per heavy atom. The quantitative estimate of drug-likeness (QED) is 0.100. The average molecular weight is 610 g/mol. The molecule has 0 fully saturated rings. The van der Waals surface area contributed by atoms with Crippen LogP contribution in [0, 0.1) is 10.8 Å². The number of amides is 1. The summed E-state index contributed by atoms with van der Waals surface area (Å²) >= 11 is 0. The van der Waals surface area contributed by atoms with E-state index in [1.807, 2.05) is 24.3 Å². The second-order valence-electron chi connectivity index (χ2n) is 10.2. The van der Waals surface area contributed by atoms with Gasteiger partial charge in [0.05, 0.1) is 0 Å². The van der Waals surface area contributed by atoms with E-state index in [9.17, 15) is 14.7 Å². The normalized spacial score (nSPS) is 16.2. The van der Waals surface area contributed by atoms with Crippen molar-refractivity contribution in [3.05, 3.63) is 83.4 Å². The van der Waals surface area contributed by atoms with E-state index < -0.39 is 18.0 Å². The molecule has 10 N–H and O–H groups in total. The SMILES string of the molecule is N=C(N)Nc1cccc(Oc2nc(Oc3cc(C(=N)N)ccc3C(=O)O)c3c(n2)OC(CC2CNc4ccccc42)C(=O)N3)c1. The van der Waals surface area contributed by atoms with Crippen molar-refractivity contribution in [2.75, 3.05) is 22.5 Å². The molecule has 1 amide bonds. The second kappa shape index (κ2) is 11.7. The highest BCUT2D eigenvalue weighted by molar-refractivity contribution is 6.00. The van der Waals surface area contributed by atoms with Crippen molar-refractivity contribution >= 4 is 40.7 Å². The van der Waals surface area contributed by atoms with Crippen LogP contribution in [0.4, 0.5) is 17.1 Å². The van der Waals surface area contributed by atoms with Crippen molar-refractivity contribution in [1.29, 1.82) is 10.8 Å². The van der Waals surface area contributed by atoms with Gasteiger partial charge >= 0.3 is 12.0 Å². The number of nitrogens with two attached hydrogens (primary N) is 2. The molecule has 6 rings (SSSR count). The molecule has 2 unspecified atom stereocenters. The molecular weight excluding hydrogens is 582 g/mol. The highest BCUT2D eigenvalue weighted by atomic mass is 16.5. The third kappa shape index (κ3) is 6.08. The summed E-state index contributed by atoms with van der Waals surface area (Å²) < 4.78 is 18.0. The van der Waals surface area contributed by atoms with Crippen LogP contribution in [0.2, 0.25) is 0 Å². The molecule has 2 atom stereocenters. The number of carboxylic acids is 1. The summed E-state index contributed by atoms with van der Waals surface area (Å²) in [4.78, 5) is 34.0. The smallest absolute Gasteiger partial charge is 0.339 e. The van der Waals surface area contributed by atoms with Gasteiger partial charge in [0.25, 0.3) is 11.8 Å². The zero-order valence-electron chi connectivity index (χ0n) is 23.5. The van der Waals surface area contributed by atoms with Gasteiger partial charge in [-0.15, -0.1) is 0 Å². The van der Waals surface area contributed by atoms with Gasteiger partial charge in [0.1, 0.15) is 22.9 Å². The fourth-order valence-electron chi connectivity index (χ4n) is 5.04. The van der Waals surface area contributed by atoms with Crippen molar-refractivity contribution < 1.29 is 28.9 Å². The molecule has 0 spiro atoms. The maximum absolute atomic E-state index is 13.3. The van der Waals surface area contributed by atoms with Gasteiger partial charge in [0, 0.05) is 41.9 Å². The van der Waals surface area contributed by atoms with Crippen LogP contribution >= 0.6 is 0 Å². The number of hydrogen-bond acceptors (Lipinski definition) is 10. The summed E-state index contributed by atoms with van der Waals surface area (Å²) in [5, 5.41) is 33.8. The van der Waals surface area contributed by atoms with Crippen LogP contribution in [0.25, 0.3) is 0 Å². The molecule has 15 heteroatoms. The van der Waals surface area contributed by atoms with Crippen LogP contribution in [0.3, 0.4) is 0 Å². The van der Waals surface area contributed by atoms with Crippen LogP contribution in [-0.4, -0.2) is 51.4 Å². The number of nitrogen functional groups attached to an aromatic ring is 1. The van der Waals surface area contributed by atoms with Crippen LogP contribution in [0.15, 0.2) is 66.7 Å². The van der Waals surface area contributed by atoms with Gasteiger partial charge in [0.2, 0.25) is 5.88 Å². The molecule has 0 aliphatic carbocycles. The Balaban J connectivity index is 1.37. The number of rotatable bonds is 9. The number of fused-ring (bicyclic) bond motifs is 2. The van der Waals surface area contributed by atoms with Gasteiger partial charge in [-0.1, -0.05) is 30.3 Å². The number of aromatic carboxylic acids is 1. The van der Waals surface area contributed by atoms with Crippen LogP contribution in [0.1, 0.15) is 33.8 Å². The van der Waals surface area contributed by atoms with E-state index in [0.29, 0.717) is 18.7 Å². The van der Waals surface area contributed by atoms with Gasteiger partial charge in [-0.25, -0.2) is 4.79 Å². The molecule has 3 heterocycles. The molecule has 15 nitrogen and oxygen atoms in total. The number of benzene rings is 3. The van der Waals surface area contributed by atoms with E-state index in [-0.39, 0.29) is 63.8 Å². The zero-order chi connectivity index (χ0) is 31.7. The zero-order valence-corrected chi connectivity index (χ0v) is 23.5. The number of hydrogen-bond donors (Lipinski definition) is 8. The number of carbonyl (C=O) groups is 2. The fraction of sp³-hybridized carbons (Fsp3) is 0.133. The third-order valence-electron chi connectivity index (χ3n) is 7.11. The van der Waals surface area contributed by atoms with E-state index in [4.69, 9.17) is 36.5 Å². The number of nitrogens with one attached hydrogen (secondary N) is 5. The molecule has 1 aromatic heterocycles. The first kappa shape index (κ1) is 28.7. The Kier molecular flexibility index (Phi) is 7.48. The molecule has 0 saturated carbocycles.